The van der Waals surface area contributed by atoms with Crippen LogP contribution in [0, 0.1) is 0 Å². The van der Waals surface area contributed by atoms with Crippen LogP contribution in [0.4, 0.5) is 0 Å². The normalized spacial score (nSPS) is 13.9. The van der Waals surface area contributed by atoms with Gasteiger partial charge in [0.05, 0.1) is 13.2 Å². The van der Waals surface area contributed by atoms with E-state index in [2.05, 4.69) is 74.6 Å². The minimum Gasteiger partial charge on any atom is -0.462 e. The summed E-state index contributed by atoms with van der Waals surface area (Å²) in [6.45, 7) is 4.14. The SMILES string of the molecule is CC/C=C\C/C=C\C/C=C\C/C=C\C/C=C\C/C=C\CCC(=O)OCC(COP(=O)(O)OCCN(C)C)OC(=O)CCCCCCCCCCCCCCCCCCCCCCC. The van der Waals surface area contributed by atoms with Crippen molar-refractivity contribution in [3.63, 3.8) is 0 Å². The second-order valence-electron chi connectivity index (χ2n) is 17.0. The molecule has 0 aromatic carbocycles. The number of carbonyl (C=O) groups is 2. The van der Waals surface area contributed by atoms with E-state index in [1.165, 1.54) is 109 Å². The van der Waals surface area contributed by atoms with Crippen LogP contribution in [0.1, 0.15) is 206 Å². The Kier molecular flexibility index (Phi) is 45.5. The zero-order chi connectivity index (χ0) is 46.2. The third kappa shape index (κ3) is 48.7. The third-order valence-corrected chi connectivity index (χ3v) is 11.5. The molecule has 0 radical (unpaired) electrons. The smallest absolute Gasteiger partial charge is 0.462 e. The second kappa shape index (κ2) is 47.4. The second-order valence-corrected chi connectivity index (χ2v) is 18.4. The Labute approximate surface area is 386 Å². The molecule has 0 fully saturated rings. The number of phosphoric ester groups is 1. The molecule has 0 saturated carbocycles. The summed E-state index contributed by atoms with van der Waals surface area (Å²) in [4.78, 5) is 37.1. The van der Waals surface area contributed by atoms with Crippen LogP contribution in [-0.2, 0) is 32.7 Å². The fourth-order valence-electron chi connectivity index (χ4n) is 6.71. The number of unbranched alkanes of at least 4 members (excludes halogenated alkanes) is 20. The van der Waals surface area contributed by atoms with Crippen LogP contribution in [0.3, 0.4) is 0 Å². The minimum absolute atomic E-state index is 0.00566. The predicted molar refractivity (Wildman–Crippen MR) is 266 cm³/mol. The molecule has 364 valence electrons. The number of ether oxygens (including phenoxy) is 2. The molecule has 0 spiro atoms. The number of rotatable bonds is 46. The molecule has 0 amide bonds. The van der Waals surface area contributed by atoms with E-state index < -0.39 is 32.5 Å². The van der Waals surface area contributed by atoms with E-state index in [1.807, 2.05) is 31.1 Å². The van der Waals surface area contributed by atoms with Gasteiger partial charge in [0.1, 0.15) is 6.61 Å². The van der Waals surface area contributed by atoms with Crippen LogP contribution in [0.15, 0.2) is 72.9 Å². The van der Waals surface area contributed by atoms with Gasteiger partial charge in [-0.25, -0.2) is 4.57 Å². The van der Waals surface area contributed by atoms with Crippen LogP contribution in [-0.4, -0.2) is 68.3 Å². The van der Waals surface area contributed by atoms with E-state index in [9.17, 15) is 19.0 Å². The summed E-state index contributed by atoms with van der Waals surface area (Å²) in [6.07, 6.45) is 58.3. The van der Waals surface area contributed by atoms with Crippen molar-refractivity contribution in [2.45, 2.75) is 213 Å². The third-order valence-electron chi connectivity index (χ3n) is 10.5. The van der Waals surface area contributed by atoms with Gasteiger partial charge in [-0.3, -0.25) is 18.6 Å². The Morgan fingerprint density at radius 3 is 1.32 bits per heavy atom. The fraction of sp³-hybridized carbons (Fsp3) is 0.736. The van der Waals surface area contributed by atoms with E-state index in [-0.39, 0.29) is 26.1 Å². The highest BCUT2D eigenvalue weighted by Crippen LogP contribution is 2.43. The van der Waals surface area contributed by atoms with Gasteiger partial charge in [0.15, 0.2) is 6.10 Å². The number of nitrogens with zero attached hydrogens (tertiary/aromatic N) is 1. The molecule has 10 heteroatoms. The first-order valence-electron chi connectivity index (χ1n) is 25.2. The van der Waals surface area contributed by atoms with Gasteiger partial charge in [0.25, 0.3) is 0 Å². The topological polar surface area (TPSA) is 112 Å². The summed E-state index contributed by atoms with van der Waals surface area (Å²) in [7, 11) is -0.746. The van der Waals surface area contributed by atoms with Gasteiger partial charge in [-0.15, -0.1) is 0 Å². The predicted octanol–water partition coefficient (Wildman–Crippen LogP) is 15.2. The van der Waals surface area contributed by atoms with Gasteiger partial charge in [0, 0.05) is 19.4 Å². The van der Waals surface area contributed by atoms with Crippen molar-refractivity contribution >= 4 is 19.8 Å². The lowest BCUT2D eigenvalue weighted by Gasteiger charge is -2.20. The molecule has 63 heavy (non-hydrogen) atoms. The van der Waals surface area contributed by atoms with Crippen molar-refractivity contribution in [1.29, 1.82) is 0 Å². The van der Waals surface area contributed by atoms with Crippen molar-refractivity contribution in [3.05, 3.63) is 72.9 Å². The number of carbonyl (C=O) groups excluding carboxylic acids is 2. The van der Waals surface area contributed by atoms with Crippen LogP contribution in [0.2, 0.25) is 0 Å². The van der Waals surface area contributed by atoms with Gasteiger partial charge in [-0.2, -0.15) is 0 Å². The van der Waals surface area contributed by atoms with Crippen molar-refractivity contribution in [3.8, 4) is 0 Å². The largest absolute Gasteiger partial charge is 0.472 e. The average molecular weight is 904 g/mol. The highest BCUT2D eigenvalue weighted by molar-refractivity contribution is 7.47. The fourth-order valence-corrected chi connectivity index (χ4v) is 7.46. The van der Waals surface area contributed by atoms with Gasteiger partial charge in [-0.1, -0.05) is 215 Å². The van der Waals surface area contributed by atoms with Crippen molar-refractivity contribution < 1.29 is 37.6 Å². The molecular formula is C53H94NO8P. The van der Waals surface area contributed by atoms with Crippen LogP contribution < -0.4 is 0 Å². The molecule has 0 aliphatic heterocycles. The van der Waals surface area contributed by atoms with Gasteiger partial charge >= 0.3 is 19.8 Å². The molecule has 2 unspecified atom stereocenters. The van der Waals surface area contributed by atoms with E-state index in [0.29, 0.717) is 19.4 Å². The van der Waals surface area contributed by atoms with E-state index in [1.54, 1.807) is 0 Å². The minimum atomic E-state index is -4.39. The lowest BCUT2D eigenvalue weighted by molar-refractivity contribution is -0.161. The Balaban J connectivity index is 4.28. The summed E-state index contributed by atoms with van der Waals surface area (Å²) in [6, 6.07) is 0. The Morgan fingerprint density at radius 2 is 0.905 bits per heavy atom. The highest BCUT2D eigenvalue weighted by atomic mass is 31.2. The Morgan fingerprint density at radius 1 is 0.508 bits per heavy atom. The monoisotopic (exact) mass is 904 g/mol. The quantitative estimate of drug-likeness (QED) is 0.0276. The molecule has 2 atom stereocenters. The number of phosphoric acid groups is 1. The van der Waals surface area contributed by atoms with Crippen molar-refractivity contribution in [2.75, 3.05) is 40.5 Å². The van der Waals surface area contributed by atoms with E-state index >= 15 is 0 Å². The molecule has 0 aliphatic carbocycles. The summed E-state index contributed by atoms with van der Waals surface area (Å²) < 4.78 is 33.5. The number of esters is 2. The first-order valence-corrected chi connectivity index (χ1v) is 26.7. The molecule has 0 aromatic heterocycles. The van der Waals surface area contributed by atoms with Gasteiger partial charge in [0.2, 0.25) is 0 Å². The summed E-state index contributed by atoms with van der Waals surface area (Å²) in [5.74, 6) is -0.897. The summed E-state index contributed by atoms with van der Waals surface area (Å²) in [5.41, 5.74) is 0. The van der Waals surface area contributed by atoms with Crippen molar-refractivity contribution in [1.82, 2.24) is 4.90 Å². The Hall–Kier alpha value is -2.55. The first-order chi connectivity index (χ1) is 30.7. The number of allylic oxidation sites excluding steroid dienone is 12. The van der Waals surface area contributed by atoms with E-state index in [4.69, 9.17) is 18.5 Å². The summed E-state index contributed by atoms with van der Waals surface area (Å²) in [5, 5.41) is 0. The van der Waals surface area contributed by atoms with Crippen LogP contribution in [0.5, 0.6) is 0 Å². The van der Waals surface area contributed by atoms with Crippen molar-refractivity contribution in [2.24, 2.45) is 0 Å². The molecule has 9 nitrogen and oxygen atoms in total. The first kappa shape index (κ1) is 60.5. The molecular weight excluding hydrogens is 810 g/mol. The van der Waals surface area contributed by atoms with Gasteiger partial charge in [-0.05, 0) is 65.5 Å². The zero-order valence-corrected chi connectivity index (χ0v) is 41.6. The number of hydrogen-bond acceptors (Lipinski definition) is 8. The molecule has 0 rings (SSSR count). The maximum absolute atomic E-state index is 12.7. The standard InChI is InChI=1S/C53H94NO8P/c1-5-7-9-11-13-15-17-19-21-23-25-26-28-30-32-34-36-38-40-42-44-46-53(56)62-51(50-61-63(57,58)60-48-47-54(3)4)49-59-52(55)45-43-41-39-37-35-33-31-29-27-24-22-20-18-16-14-12-10-8-6-2/h8,10,14,16,20,22,27,29,33,35,39,41,51H,5-7,9,11-13,15,17-19,21,23-26,28,30-32,34,36-38,40,42-50H2,1-4H3,(H,57,58)/b10-8-,16-14-,22-20-,29-27-,35-33-,41-39-. The van der Waals surface area contributed by atoms with E-state index in [0.717, 1.165) is 57.8 Å². The number of hydrogen-bond donors (Lipinski definition) is 1. The molecule has 0 heterocycles. The highest BCUT2D eigenvalue weighted by Gasteiger charge is 2.26. The molecule has 0 bridgehead atoms. The van der Waals surface area contributed by atoms with Crippen LogP contribution in [0.25, 0.3) is 0 Å². The lowest BCUT2D eigenvalue weighted by Crippen LogP contribution is -2.29. The average Bonchev–Trinajstić information content (AvgIpc) is 3.25. The molecule has 1 N–H and O–H groups in total. The Bertz CT molecular complexity index is 1270. The van der Waals surface area contributed by atoms with Crippen LogP contribution >= 0.6 is 7.82 Å². The number of likely N-dealkylation sites (N-methyl/N-ethyl adjacent to an activating group) is 1. The summed E-state index contributed by atoms with van der Waals surface area (Å²) >= 11 is 0. The molecule has 0 aliphatic rings. The van der Waals surface area contributed by atoms with Gasteiger partial charge < -0.3 is 19.3 Å². The maximum atomic E-state index is 12.7. The maximum Gasteiger partial charge on any atom is 0.472 e. The lowest BCUT2D eigenvalue weighted by atomic mass is 10.0. The zero-order valence-electron chi connectivity index (χ0n) is 40.7. The molecule has 0 saturated heterocycles. The molecule has 0 aromatic rings.